The summed E-state index contributed by atoms with van der Waals surface area (Å²) in [5.74, 6) is 0. The van der Waals surface area contributed by atoms with Crippen molar-refractivity contribution in [3.05, 3.63) is 0 Å². The molecule has 1 aliphatic heterocycles. The van der Waals surface area contributed by atoms with Gasteiger partial charge in [0.25, 0.3) is 0 Å². The van der Waals surface area contributed by atoms with Gasteiger partial charge in [-0.3, -0.25) is 4.90 Å². The fraction of sp³-hybridized carbons (Fsp3) is 1.00. The summed E-state index contributed by atoms with van der Waals surface area (Å²) in [4.78, 5) is 4.98. The van der Waals surface area contributed by atoms with Gasteiger partial charge in [-0.05, 0) is 47.2 Å². The van der Waals surface area contributed by atoms with Gasteiger partial charge in [0.05, 0.1) is 6.61 Å². The normalized spacial score (nSPS) is 27.2. The molecule has 4 heteroatoms. The number of nitrogens with one attached hydrogen (secondary N) is 1. The van der Waals surface area contributed by atoms with E-state index in [0.29, 0.717) is 12.1 Å². The summed E-state index contributed by atoms with van der Waals surface area (Å²) in [7, 11) is 2.19. The van der Waals surface area contributed by atoms with E-state index in [1.165, 1.54) is 0 Å². The van der Waals surface area contributed by atoms with Gasteiger partial charge in [-0.1, -0.05) is 6.92 Å². The Labute approximate surface area is 119 Å². The summed E-state index contributed by atoms with van der Waals surface area (Å²) < 4.78 is 0. The van der Waals surface area contributed by atoms with Crippen molar-refractivity contribution in [2.24, 2.45) is 0 Å². The van der Waals surface area contributed by atoms with Gasteiger partial charge < -0.3 is 15.3 Å². The third kappa shape index (κ3) is 5.03. The number of piperazine rings is 1. The standard InChI is InChI=1S/C15H33N3O/c1-6-7-16-15(4,12-19)10-13(2)18-9-8-17(5)11-14(18)3/h13-14,16,19H,6-12H2,1-5H3. The lowest BCUT2D eigenvalue weighted by molar-refractivity contribution is 0.0437. The molecule has 0 aliphatic carbocycles. The molecule has 114 valence electrons. The summed E-state index contributed by atoms with van der Waals surface area (Å²) in [6.07, 6.45) is 2.10. The minimum absolute atomic E-state index is 0.154. The van der Waals surface area contributed by atoms with Crippen LogP contribution < -0.4 is 5.32 Å². The molecule has 0 aromatic rings. The number of rotatable bonds is 7. The Kier molecular flexibility index (Phi) is 6.74. The summed E-state index contributed by atoms with van der Waals surface area (Å²) >= 11 is 0. The van der Waals surface area contributed by atoms with E-state index in [-0.39, 0.29) is 12.1 Å². The van der Waals surface area contributed by atoms with Gasteiger partial charge in [0.15, 0.2) is 0 Å². The highest BCUT2D eigenvalue weighted by Gasteiger charge is 2.31. The van der Waals surface area contributed by atoms with E-state index in [9.17, 15) is 5.11 Å². The van der Waals surface area contributed by atoms with Gasteiger partial charge >= 0.3 is 0 Å². The van der Waals surface area contributed by atoms with Gasteiger partial charge in [0.2, 0.25) is 0 Å². The first-order chi connectivity index (χ1) is 8.91. The summed E-state index contributed by atoms with van der Waals surface area (Å²) in [5, 5.41) is 13.2. The van der Waals surface area contributed by atoms with Gasteiger partial charge in [0, 0.05) is 37.3 Å². The number of aliphatic hydroxyl groups excluding tert-OH is 1. The van der Waals surface area contributed by atoms with E-state index in [4.69, 9.17) is 0 Å². The maximum absolute atomic E-state index is 9.68. The molecule has 1 fully saturated rings. The monoisotopic (exact) mass is 271 g/mol. The lowest BCUT2D eigenvalue weighted by Gasteiger charge is -2.44. The number of aliphatic hydroxyl groups is 1. The van der Waals surface area contributed by atoms with Crippen LogP contribution in [0.25, 0.3) is 0 Å². The maximum Gasteiger partial charge on any atom is 0.0611 e. The minimum atomic E-state index is -0.154. The highest BCUT2D eigenvalue weighted by molar-refractivity contribution is 4.90. The third-order valence-corrected chi connectivity index (χ3v) is 4.34. The van der Waals surface area contributed by atoms with Crippen LogP contribution in [0.4, 0.5) is 0 Å². The first-order valence-electron chi connectivity index (χ1n) is 7.72. The molecule has 0 aromatic heterocycles. The topological polar surface area (TPSA) is 38.7 Å². The van der Waals surface area contributed by atoms with E-state index >= 15 is 0 Å². The van der Waals surface area contributed by atoms with Crippen molar-refractivity contribution in [3.8, 4) is 0 Å². The fourth-order valence-electron chi connectivity index (χ4n) is 3.20. The first-order valence-corrected chi connectivity index (χ1v) is 7.72. The summed E-state index contributed by atoms with van der Waals surface area (Å²) in [6, 6.07) is 1.10. The zero-order chi connectivity index (χ0) is 14.5. The molecule has 0 amide bonds. The van der Waals surface area contributed by atoms with E-state index in [1.807, 2.05) is 0 Å². The zero-order valence-electron chi connectivity index (χ0n) is 13.4. The van der Waals surface area contributed by atoms with Crippen LogP contribution in [0.3, 0.4) is 0 Å². The Hall–Kier alpha value is -0.160. The Balaban J connectivity index is 2.54. The Morgan fingerprint density at radius 1 is 1.42 bits per heavy atom. The van der Waals surface area contributed by atoms with Gasteiger partial charge in [-0.25, -0.2) is 0 Å². The van der Waals surface area contributed by atoms with E-state index < -0.39 is 0 Å². The Morgan fingerprint density at radius 3 is 2.63 bits per heavy atom. The van der Waals surface area contributed by atoms with Crippen LogP contribution in [-0.4, -0.2) is 72.4 Å². The molecular formula is C15H33N3O. The van der Waals surface area contributed by atoms with Gasteiger partial charge in [-0.2, -0.15) is 0 Å². The van der Waals surface area contributed by atoms with Crippen LogP contribution in [0.2, 0.25) is 0 Å². The number of likely N-dealkylation sites (N-methyl/N-ethyl adjacent to an activating group) is 1. The average molecular weight is 271 g/mol. The lowest BCUT2D eigenvalue weighted by atomic mass is 9.92. The van der Waals surface area contributed by atoms with Crippen LogP contribution in [0.5, 0.6) is 0 Å². The van der Waals surface area contributed by atoms with Gasteiger partial charge in [0.1, 0.15) is 0 Å². The molecule has 0 radical (unpaired) electrons. The van der Waals surface area contributed by atoms with Crippen LogP contribution in [0.15, 0.2) is 0 Å². The predicted molar refractivity (Wildman–Crippen MR) is 81.5 cm³/mol. The van der Waals surface area contributed by atoms with Crippen LogP contribution in [0.1, 0.15) is 40.5 Å². The van der Waals surface area contributed by atoms with E-state index in [0.717, 1.165) is 39.0 Å². The second-order valence-corrected chi connectivity index (χ2v) is 6.55. The van der Waals surface area contributed by atoms with Crippen LogP contribution in [0, 0.1) is 0 Å². The first kappa shape index (κ1) is 16.9. The number of hydrogen-bond acceptors (Lipinski definition) is 4. The molecule has 2 N–H and O–H groups in total. The zero-order valence-corrected chi connectivity index (χ0v) is 13.4. The van der Waals surface area contributed by atoms with Crippen LogP contribution in [-0.2, 0) is 0 Å². The van der Waals surface area contributed by atoms with Crippen molar-refractivity contribution < 1.29 is 5.11 Å². The molecule has 19 heavy (non-hydrogen) atoms. The molecule has 0 saturated carbocycles. The SMILES string of the molecule is CCCNC(C)(CO)CC(C)N1CCN(C)CC1C. The summed E-state index contributed by atoms with van der Waals surface area (Å²) in [5.41, 5.74) is -0.154. The fourth-order valence-corrected chi connectivity index (χ4v) is 3.20. The Bertz CT molecular complexity index is 262. The molecule has 4 nitrogen and oxygen atoms in total. The molecule has 0 aromatic carbocycles. The average Bonchev–Trinajstić information content (AvgIpc) is 2.36. The highest BCUT2D eigenvalue weighted by Crippen LogP contribution is 2.20. The van der Waals surface area contributed by atoms with E-state index in [2.05, 4.69) is 49.9 Å². The third-order valence-electron chi connectivity index (χ3n) is 4.34. The van der Waals surface area contributed by atoms with Crippen molar-refractivity contribution in [2.75, 3.05) is 39.8 Å². The van der Waals surface area contributed by atoms with Crippen molar-refractivity contribution >= 4 is 0 Å². The molecule has 1 rings (SSSR count). The van der Waals surface area contributed by atoms with Crippen LogP contribution >= 0.6 is 0 Å². The molecule has 3 atom stereocenters. The van der Waals surface area contributed by atoms with Crippen molar-refractivity contribution in [1.82, 2.24) is 15.1 Å². The quantitative estimate of drug-likeness (QED) is 0.729. The smallest absolute Gasteiger partial charge is 0.0611 e. The van der Waals surface area contributed by atoms with Crippen molar-refractivity contribution in [1.29, 1.82) is 0 Å². The maximum atomic E-state index is 9.68. The van der Waals surface area contributed by atoms with Crippen molar-refractivity contribution in [3.63, 3.8) is 0 Å². The van der Waals surface area contributed by atoms with Gasteiger partial charge in [-0.15, -0.1) is 0 Å². The molecule has 3 unspecified atom stereocenters. The van der Waals surface area contributed by atoms with E-state index in [1.54, 1.807) is 0 Å². The number of hydrogen-bond donors (Lipinski definition) is 2. The molecule has 1 heterocycles. The Morgan fingerprint density at radius 2 is 2.11 bits per heavy atom. The second-order valence-electron chi connectivity index (χ2n) is 6.55. The number of nitrogens with zero attached hydrogens (tertiary/aromatic N) is 2. The molecule has 1 saturated heterocycles. The molecular weight excluding hydrogens is 238 g/mol. The summed E-state index contributed by atoms with van der Waals surface area (Å²) in [6.45, 7) is 13.5. The predicted octanol–water partition coefficient (Wildman–Crippen LogP) is 1.15. The molecule has 1 aliphatic rings. The lowest BCUT2D eigenvalue weighted by Crippen LogP contribution is -2.57. The minimum Gasteiger partial charge on any atom is -0.394 e. The second kappa shape index (κ2) is 7.58. The largest absolute Gasteiger partial charge is 0.394 e. The molecule has 0 bridgehead atoms. The van der Waals surface area contributed by atoms with Crippen molar-refractivity contribution in [2.45, 2.75) is 58.2 Å². The highest BCUT2D eigenvalue weighted by atomic mass is 16.3. The molecule has 0 spiro atoms.